The van der Waals surface area contributed by atoms with Crippen molar-refractivity contribution >= 4 is 29.0 Å². The zero-order valence-electron chi connectivity index (χ0n) is 10.4. The minimum Gasteiger partial charge on any atom is -0.486 e. The van der Waals surface area contributed by atoms with Gasteiger partial charge in [0.25, 0.3) is 0 Å². The first-order valence-electron chi connectivity index (χ1n) is 5.88. The SMILES string of the molecule is O=C(COc1cccc(Cl)c1)Cc1cc(Cl)ccc1F. The second-order valence-electron chi connectivity index (χ2n) is 4.20. The van der Waals surface area contributed by atoms with Crippen molar-refractivity contribution in [2.75, 3.05) is 6.61 Å². The van der Waals surface area contributed by atoms with Crippen LogP contribution in [-0.4, -0.2) is 12.4 Å². The van der Waals surface area contributed by atoms with Gasteiger partial charge in [0.05, 0.1) is 0 Å². The number of ketones is 1. The highest BCUT2D eigenvalue weighted by molar-refractivity contribution is 6.31. The lowest BCUT2D eigenvalue weighted by Gasteiger charge is -2.06. The van der Waals surface area contributed by atoms with Gasteiger partial charge in [-0.3, -0.25) is 4.79 Å². The van der Waals surface area contributed by atoms with Gasteiger partial charge in [0.15, 0.2) is 5.78 Å². The van der Waals surface area contributed by atoms with Crippen molar-refractivity contribution in [1.82, 2.24) is 0 Å². The first-order valence-corrected chi connectivity index (χ1v) is 6.64. The molecule has 0 aliphatic rings. The van der Waals surface area contributed by atoms with E-state index in [1.807, 2.05) is 0 Å². The van der Waals surface area contributed by atoms with E-state index >= 15 is 0 Å². The molecule has 0 aromatic heterocycles. The number of Topliss-reactive ketones (excluding diaryl/α,β-unsaturated/α-hetero) is 1. The van der Waals surface area contributed by atoms with E-state index in [0.29, 0.717) is 15.8 Å². The Hall–Kier alpha value is -1.58. The molecular formula is C15H11Cl2FO2. The number of carbonyl (C=O) groups is 1. The molecule has 0 unspecified atom stereocenters. The summed E-state index contributed by atoms with van der Waals surface area (Å²) in [5, 5.41) is 0.917. The average Bonchev–Trinajstić information content (AvgIpc) is 2.41. The van der Waals surface area contributed by atoms with E-state index < -0.39 is 5.82 Å². The Morgan fingerprint density at radius 1 is 1.10 bits per heavy atom. The van der Waals surface area contributed by atoms with Gasteiger partial charge in [0.2, 0.25) is 0 Å². The molecule has 0 aliphatic carbocycles. The summed E-state index contributed by atoms with van der Waals surface area (Å²) in [4.78, 5) is 11.8. The third-order valence-corrected chi connectivity index (χ3v) is 3.06. The molecule has 0 bridgehead atoms. The third kappa shape index (κ3) is 4.22. The van der Waals surface area contributed by atoms with Crippen LogP contribution in [0.2, 0.25) is 10.0 Å². The van der Waals surface area contributed by atoms with Crippen molar-refractivity contribution in [3.8, 4) is 5.75 Å². The van der Waals surface area contributed by atoms with E-state index in [1.54, 1.807) is 24.3 Å². The Morgan fingerprint density at radius 2 is 1.85 bits per heavy atom. The van der Waals surface area contributed by atoms with E-state index in [0.717, 1.165) is 0 Å². The van der Waals surface area contributed by atoms with Crippen molar-refractivity contribution in [3.05, 3.63) is 63.9 Å². The Labute approximate surface area is 126 Å². The lowest BCUT2D eigenvalue weighted by Crippen LogP contribution is -2.14. The molecule has 0 saturated heterocycles. The van der Waals surface area contributed by atoms with Crippen LogP contribution in [0, 0.1) is 5.82 Å². The molecule has 0 radical (unpaired) electrons. The molecule has 0 fully saturated rings. The second-order valence-corrected chi connectivity index (χ2v) is 5.07. The number of ether oxygens (including phenoxy) is 1. The average molecular weight is 313 g/mol. The zero-order valence-corrected chi connectivity index (χ0v) is 11.9. The van der Waals surface area contributed by atoms with E-state index in [2.05, 4.69) is 0 Å². The number of benzene rings is 2. The Balaban J connectivity index is 1.94. The van der Waals surface area contributed by atoms with E-state index in [9.17, 15) is 9.18 Å². The van der Waals surface area contributed by atoms with Crippen LogP contribution in [0.1, 0.15) is 5.56 Å². The molecule has 0 aliphatic heterocycles. The summed E-state index contributed by atoms with van der Waals surface area (Å²) in [5.41, 5.74) is 0.261. The minimum atomic E-state index is -0.453. The molecule has 20 heavy (non-hydrogen) atoms. The topological polar surface area (TPSA) is 26.3 Å². The van der Waals surface area contributed by atoms with Gasteiger partial charge in [-0.05, 0) is 42.0 Å². The number of carbonyl (C=O) groups excluding carboxylic acids is 1. The summed E-state index contributed by atoms with van der Waals surface area (Å²) >= 11 is 11.6. The van der Waals surface area contributed by atoms with Crippen LogP contribution in [-0.2, 0) is 11.2 Å². The number of hydrogen-bond donors (Lipinski definition) is 0. The van der Waals surface area contributed by atoms with Crippen molar-refractivity contribution in [1.29, 1.82) is 0 Å². The first kappa shape index (κ1) is 14.8. The maximum Gasteiger partial charge on any atom is 0.174 e. The van der Waals surface area contributed by atoms with Crippen molar-refractivity contribution in [2.24, 2.45) is 0 Å². The monoisotopic (exact) mass is 312 g/mol. The maximum absolute atomic E-state index is 13.5. The number of rotatable bonds is 5. The molecular weight excluding hydrogens is 302 g/mol. The summed E-state index contributed by atoms with van der Waals surface area (Å²) in [6.45, 7) is -0.147. The molecule has 0 amide bonds. The normalized spacial score (nSPS) is 10.3. The summed E-state index contributed by atoms with van der Waals surface area (Å²) in [6, 6.07) is 10.8. The van der Waals surface area contributed by atoms with Crippen LogP contribution in [0.5, 0.6) is 5.75 Å². The van der Waals surface area contributed by atoms with Crippen LogP contribution in [0.25, 0.3) is 0 Å². The maximum atomic E-state index is 13.5. The summed E-state index contributed by atoms with van der Waals surface area (Å²) < 4.78 is 18.8. The molecule has 2 rings (SSSR count). The molecule has 104 valence electrons. The highest BCUT2D eigenvalue weighted by Gasteiger charge is 2.10. The van der Waals surface area contributed by atoms with Gasteiger partial charge in [-0.25, -0.2) is 4.39 Å². The fraction of sp³-hybridized carbons (Fsp3) is 0.133. The third-order valence-electron chi connectivity index (χ3n) is 2.59. The standard InChI is InChI=1S/C15H11Cl2FO2/c16-11-2-1-3-14(8-11)20-9-13(19)7-10-6-12(17)4-5-15(10)18/h1-6,8H,7,9H2. The largest absolute Gasteiger partial charge is 0.486 e. The molecule has 0 heterocycles. The second kappa shape index (κ2) is 6.73. The van der Waals surface area contributed by atoms with Gasteiger partial charge in [-0.2, -0.15) is 0 Å². The highest BCUT2D eigenvalue weighted by Crippen LogP contribution is 2.18. The fourth-order valence-corrected chi connectivity index (χ4v) is 2.04. The Bertz CT molecular complexity index is 629. The van der Waals surface area contributed by atoms with Crippen molar-refractivity contribution < 1.29 is 13.9 Å². The predicted molar refractivity (Wildman–Crippen MR) is 77.1 cm³/mol. The van der Waals surface area contributed by atoms with Crippen LogP contribution < -0.4 is 4.74 Å². The van der Waals surface area contributed by atoms with Crippen LogP contribution in [0.15, 0.2) is 42.5 Å². The number of halogens is 3. The molecule has 0 atom stereocenters. The van der Waals surface area contributed by atoms with Crippen LogP contribution >= 0.6 is 23.2 Å². The smallest absolute Gasteiger partial charge is 0.174 e. The van der Waals surface area contributed by atoms with E-state index in [1.165, 1.54) is 18.2 Å². The van der Waals surface area contributed by atoms with Gasteiger partial charge in [0, 0.05) is 16.5 Å². The first-order chi connectivity index (χ1) is 9.54. The van der Waals surface area contributed by atoms with Crippen molar-refractivity contribution in [2.45, 2.75) is 6.42 Å². The Kier molecular flexibility index (Phi) is 4.99. The van der Waals surface area contributed by atoms with Gasteiger partial charge in [-0.15, -0.1) is 0 Å². The summed E-state index contributed by atoms with van der Waals surface area (Å²) in [5.74, 6) is -0.200. The molecule has 0 spiro atoms. The minimum absolute atomic E-state index is 0.0625. The van der Waals surface area contributed by atoms with Crippen LogP contribution in [0.3, 0.4) is 0 Å². The quantitative estimate of drug-likeness (QED) is 0.821. The Morgan fingerprint density at radius 3 is 2.60 bits per heavy atom. The van der Waals surface area contributed by atoms with Gasteiger partial charge >= 0.3 is 0 Å². The van der Waals surface area contributed by atoms with E-state index in [-0.39, 0.29) is 24.4 Å². The fourth-order valence-electron chi connectivity index (χ4n) is 1.66. The highest BCUT2D eigenvalue weighted by atomic mass is 35.5. The lowest BCUT2D eigenvalue weighted by molar-refractivity contribution is -0.120. The molecule has 0 N–H and O–H groups in total. The van der Waals surface area contributed by atoms with E-state index in [4.69, 9.17) is 27.9 Å². The zero-order chi connectivity index (χ0) is 14.5. The summed E-state index contributed by atoms with van der Waals surface area (Å²) in [7, 11) is 0. The lowest BCUT2D eigenvalue weighted by atomic mass is 10.1. The van der Waals surface area contributed by atoms with Gasteiger partial charge < -0.3 is 4.74 Å². The molecule has 2 nitrogen and oxygen atoms in total. The summed E-state index contributed by atoms with van der Waals surface area (Å²) in [6.07, 6.45) is -0.0625. The van der Waals surface area contributed by atoms with Gasteiger partial charge in [0.1, 0.15) is 18.2 Å². The van der Waals surface area contributed by atoms with Crippen molar-refractivity contribution in [3.63, 3.8) is 0 Å². The number of hydrogen-bond acceptors (Lipinski definition) is 2. The molecule has 2 aromatic carbocycles. The predicted octanol–water partition coefficient (Wildman–Crippen LogP) is 4.32. The van der Waals surface area contributed by atoms with Crippen LogP contribution in [0.4, 0.5) is 4.39 Å². The molecule has 5 heteroatoms. The molecule has 2 aromatic rings. The molecule has 0 saturated carbocycles. The van der Waals surface area contributed by atoms with Gasteiger partial charge in [-0.1, -0.05) is 29.3 Å².